The molecule has 1 unspecified atom stereocenters. The van der Waals surface area contributed by atoms with E-state index in [0.29, 0.717) is 6.61 Å². The summed E-state index contributed by atoms with van der Waals surface area (Å²) in [5.74, 6) is -0.143. The van der Waals surface area contributed by atoms with Gasteiger partial charge in [-0.3, -0.25) is 15.5 Å². The summed E-state index contributed by atoms with van der Waals surface area (Å²) >= 11 is 0. The van der Waals surface area contributed by atoms with Crippen LogP contribution in [0.5, 0.6) is 0 Å². The number of hydrogen-bond acceptors (Lipinski definition) is 3. The summed E-state index contributed by atoms with van der Waals surface area (Å²) in [6.45, 7) is 2.62. The fourth-order valence-corrected chi connectivity index (χ4v) is 1.09. The number of nitrogens with zero attached hydrogens (tertiary/aromatic N) is 1. The number of nitrogens with one attached hydrogen (secondary N) is 2. The second-order valence-corrected chi connectivity index (χ2v) is 3.03. The Hall–Kier alpha value is -1.10. The Morgan fingerprint density at radius 1 is 1.69 bits per heavy atom. The number of carbonyl (C=O) groups is 1. The van der Waals surface area contributed by atoms with Gasteiger partial charge in [0.1, 0.15) is 0 Å². The van der Waals surface area contributed by atoms with E-state index in [9.17, 15) is 4.79 Å². The average molecular weight is 185 g/mol. The first-order valence-corrected chi connectivity index (χ1v) is 4.40. The van der Waals surface area contributed by atoms with Gasteiger partial charge in [0.2, 0.25) is 6.23 Å². The molecule has 1 aliphatic rings. The molecule has 0 radical (unpaired) electrons. The molecule has 2 N–H and O–H groups in total. The highest BCUT2D eigenvalue weighted by Crippen LogP contribution is 2.06. The van der Waals surface area contributed by atoms with Crippen molar-refractivity contribution in [3.63, 3.8) is 0 Å². The first-order valence-electron chi connectivity index (χ1n) is 4.40. The second-order valence-electron chi connectivity index (χ2n) is 3.03. The van der Waals surface area contributed by atoms with E-state index < -0.39 is 6.23 Å². The van der Waals surface area contributed by atoms with E-state index in [2.05, 4.69) is 12.2 Å². The van der Waals surface area contributed by atoms with Crippen molar-refractivity contribution >= 4 is 11.9 Å². The Bertz CT molecular complexity index is 217. The van der Waals surface area contributed by atoms with Crippen LogP contribution in [0, 0.1) is 5.41 Å². The lowest BCUT2D eigenvalue weighted by atomic mass is 10.4. The molecule has 1 rings (SSSR count). The van der Waals surface area contributed by atoms with E-state index >= 15 is 0 Å². The lowest BCUT2D eigenvalue weighted by molar-refractivity contribution is -0.134. The summed E-state index contributed by atoms with van der Waals surface area (Å²) in [4.78, 5) is 12.7. The van der Waals surface area contributed by atoms with Crippen LogP contribution in [-0.2, 0) is 9.53 Å². The zero-order valence-corrected chi connectivity index (χ0v) is 7.96. The molecule has 1 atom stereocenters. The van der Waals surface area contributed by atoms with E-state index in [1.807, 2.05) is 0 Å². The lowest BCUT2D eigenvalue weighted by Crippen LogP contribution is -2.34. The van der Waals surface area contributed by atoms with E-state index in [1.54, 1.807) is 7.05 Å². The number of amides is 1. The monoisotopic (exact) mass is 185 g/mol. The number of hydrogen-bond donors (Lipinski definition) is 2. The van der Waals surface area contributed by atoms with Crippen molar-refractivity contribution in [2.24, 2.45) is 0 Å². The van der Waals surface area contributed by atoms with Crippen molar-refractivity contribution in [2.75, 3.05) is 13.7 Å². The maximum atomic E-state index is 11.2. The number of rotatable bonds is 4. The summed E-state index contributed by atoms with van der Waals surface area (Å²) in [5.41, 5.74) is 0. The number of unbranched alkanes of at least 4 members (excludes halogenated alkanes) is 1. The van der Waals surface area contributed by atoms with Gasteiger partial charge in [-0.1, -0.05) is 13.3 Å². The molecule has 0 saturated carbocycles. The molecule has 1 fully saturated rings. The van der Waals surface area contributed by atoms with Gasteiger partial charge in [-0.15, -0.1) is 0 Å². The minimum atomic E-state index is -0.612. The van der Waals surface area contributed by atoms with E-state index in [0.717, 1.165) is 12.8 Å². The maximum absolute atomic E-state index is 11.2. The molecular weight excluding hydrogens is 170 g/mol. The number of ether oxygens (including phenoxy) is 1. The second kappa shape index (κ2) is 4.23. The van der Waals surface area contributed by atoms with Crippen LogP contribution in [0.15, 0.2) is 0 Å². The van der Waals surface area contributed by atoms with Crippen molar-refractivity contribution in [3.05, 3.63) is 0 Å². The smallest absolute Gasteiger partial charge is 0.276 e. The Morgan fingerprint density at radius 2 is 2.38 bits per heavy atom. The van der Waals surface area contributed by atoms with Gasteiger partial charge in [0.15, 0.2) is 5.96 Å². The molecule has 0 aliphatic carbocycles. The van der Waals surface area contributed by atoms with Crippen molar-refractivity contribution in [2.45, 2.75) is 26.0 Å². The van der Waals surface area contributed by atoms with Gasteiger partial charge in [-0.2, -0.15) is 0 Å². The summed E-state index contributed by atoms with van der Waals surface area (Å²) in [6.07, 6.45) is 1.36. The third kappa shape index (κ3) is 2.18. The van der Waals surface area contributed by atoms with Crippen LogP contribution < -0.4 is 5.32 Å². The predicted octanol–water partition coefficient (Wildman–Crippen LogP) is 0.126. The van der Waals surface area contributed by atoms with Gasteiger partial charge in [0.05, 0.1) is 0 Å². The van der Waals surface area contributed by atoms with Crippen molar-refractivity contribution in [3.8, 4) is 0 Å². The van der Waals surface area contributed by atoms with E-state index in [4.69, 9.17) is 10.1 Å². The van der Waals surface area contributed by atoms with Crippen LogP contribution >= 0.6 is 0 Å². The fraction of sp³-hybridized carbons (Fsp3) is 0.750. The molecule has 5 nitrogen and oxygen atoms in total. The zero-order valence-electron chi connectivity index (χ0n) is 7.96. The van der Waals surface area contributed by atoms with Crippen LogP contribution in [0.4, 0.5) is 0 Å². The van der Waals surface area contributed by atoms with Crippen LogP contribution in [0.3, 0.4) is 0 Å². The topological polar surface area (TPSA) is 65.4 Å². The van der Waals surface area contributed by atoms with Crippen molar-refractivity contribution in [1.82, 2.24) is 10.2 Å². The SMILES string of the molecule is CCCCOC1C(=O)NC(=N)N1C. The Kier molecular flexibility index (Phi) is 3.25. The highest BCUT2D eigenvalue weighted by Gasteiger charge is 2.33. The molecule has 1 saturated heterocycles. The molecule has 0 aromatic rings. The van der Waals surface area contributed by atoms with Gasteiger partial charge in [0.25, 0.3) is 5.91 Å². The summed E-state index contributed by atoms with van der Waals surface area (Å²) in [7, 11) is 1.66. The molecule has 5 heteroatoms. The summed E-state index contributed by atoms with van der Waals surface area (Å²) in [5, 5.41) is 9.70. The minimum Gasteiger partial charge on any atom is -0.349 e. The Morgan fingerprint density at radius 3 is 2.85 bits per heavy atom. The normalized spacial score (nSPS) is 22.3. The van der Waals surface area contributed by atoms with Gasteiger partial charge in [-0.25, -0.2) is 0 Å². The summed E-state index contributed by atoms with van der Waals surface area (Å²) < 4.78 is 5.31. The van der Waals surface area contributed by atoms with Crippen molar-refractivity contribution < 1.29 is 9.53 Å². The van der Waals surface area contributed by atoms with Crippen LogP contribution in [0.1, 0.15) is 19.8 Å². The predicted molar refractivity (Wildman–Crippen MR) is 48.3 cm³/mol. The molecule has 1 amide bonds. The number of likely N-dealkylation sites (N-methyl/N-ethyl adjacent to an activating group) is 1. The first kappa shape index (κ1) is 9.98. The largest absolute Gasteiger partial charge is 0.349 e. The molecule has 0 bridgehead atoms. The molecule has 13 heavy (non-hydrogen) atoms. The van der Waals surface area contributed by atoms with Crippen LogP contribution in [0.2, 0.25) is 0 Å². The maximum Gasteiger partial charge on any atom is 0.276 e. The molecule has 1 aliphatic heterocycles. The summed E-state index contributed by atoms with van der Waals surface area (Å²) in [6, 6.07) is 0. The van der Waals surface area contributed by atoms with Crippen LogP contribution in [-0.4, -0.2) is 36.6 Å². The van der Waals surface area contributed by atoms with Crippen molar-refractivity contribution in [1.29, 1.82) is 5.41 Å². The third-order valence-corrected chi connectivity index (χ3v) is 1.94. The Labute approximate surface area is 77.6 Å². The van der Waals surface area contributed by atoms with Gasteiger partial charge in [-0.05, 0) is 6.42 Å². The highest BCUT2D eigenvalue weighted by atomic mass is 16.5. The first-order chi connectivity index (χ1) is 6.16. The van der Waals surface area contributed by atoms with Gasteiger partial charge < -0.3 is 9.64 Å². The molecule has 0 aromatic heterocycles. The molecule has 74 valence electrons. The quantitative estimate of drug-likeness (QED) is 0.612. The number of guanidine groups is 1. The van der Waals surface area contributed by atoms with Crippen LogP contribution in [0.25, 0.3) is 0 Å². The van der Waals surface area contributed by atoms with Gasteiger partial charge >= 0.3 is 0 Å². The average Bonchev–Trinajstić information content (AvgIpc) is 2.32. The standard InChI is InChI=1S/C8H15N3O2/c1-3-4-5-13-7-6(12)10-8(9)11(7)2/h7H,3-5H2,1-2H3,(H2,9,10,12). The minimum absolute atomic E-state index is 0.103. The molecule has 0 aromatic carbocycles. The van der Waals surface area contributed by atoms with Gasteiger partial charge in [0, 0.05) is 13.7 Å². The molecule has 1 heterocycles. The molecule has 0 spiro atoms. The lowest BCUT2D eigenvalue weighted by Gasteiger charge is -2.17. The zero-order chi connectivity index (χ0) is 9.84. The number of carbonyl (C=O) groups excluding carboxylic acids is 1. The fourth-order valence-electron chi connectivity index (χ4n) is 1.09. The molecular formula is C8H15N3O2. The highest BCUT2D eigenvalue weighted by molar-refractivity contribution is 6.04. The van der Waals surface area contributed by atoms with E-state index in [-0.39, 0.29) is 11.9 Å². The van der Waals surface area contributed by atoms with E-state index in [1.165, 1.54) is 4.90 Å². The Balaban J connectivity index is 2.40. The third-order valence-electron chi connectivity index (χ3n) is 1.94.